The summed E-state index contributed by atoms with van der Waals surface area (Å²) in [6.45, 7) is 5.94. The van der Waals surface area contributed by atoms with Gasteiger partial charge in [-0.2, -0.15) is 13.2 Å². The Morgan fingerprint density at radius 1 is 0.847 bits per heavy atom. The predicted molar refractivity (Wildman–Crippen MR) is 262 cm³/mol. The van der Waals surface area contributed by atoms with Crippen molar-refractivity contribution >= 4 is 42.9 Å². The van der Waals surface area contributed by atoms with Gasteiger partial charge >= 0.3 is 20.0 Å². The first-order valence-corrected chi connectivity index (χ1v) is 25.0. The number of fused-ring (bicyclic) bond motifs is 1. The predicted octanol–water partition coefficient (Wildman–Crippen LogP) is 10.7. The summed E-state index contributed by atoms with van der Waals surface area (Å²) < 4.78 is 95.9. The monoisotopic (exact) mass is 1010 g/mol. The molecule has 0 bridgehead atoms. The number of aryl methyl sites for hydroxylation is 2. The third kappa shape index (κ3) is 13.8. The number of hydrogen-bond acceptors (Lipinski definition) is 10. The Morgan fingerprint density at radius 2 is 1.44 bits per heavy atom. The fourth-order valence-electron chi connectivity index (χ4n) is 8.98. The Balaban J connectivity index is 1.17. The molecule has 0 spiro atoms. The number of esters is 1. The van der Waals surface area contributed by atoms with Crippen molar-refractivity contribution in [3.8, 4) is 5.75 Å². The zero-order valence-corrected chi connectivity index (χ0v) is 41.2. The number of para-hydroxylation sites is 1. The summed E-state index contributed by atoms with van der Waals surface area (Å²) in [5.74, 6) is -7.70. The maximum Gasteiger partial charge on any atom is 0.530 e. The number of rotatable bonds is 22. The molecule has 0 radical (unpaired) electrons. The number of hydrogen-bond donors (Lipinski definition) is 2. The first-order valence-electron chi connectivity index (χ1n) is 23.5. The quantitative estimate of drug-likeness (QED) is 0.0388. The van der Waals surface area contributed by atoms with Crippen molar-refractivity contribution in [1.82, 2.24) is 5.32 Å². The Kier molecular flexibility index (Phi) is 16.8. The van der Waals surface area contributed by atoms with Crippen molar-refractivity contribution in [2.45, 2.75) is 97.2 Å². The van der Waals surface area contributed by atoms with Gasteiger partial charge in [0, 0.05) is 40.4 Å². The molecule has 3 N–H and O–H groups in total. The molecule has 3 atom stereocenters. The highest BCUT2D eigenvalue weighted by molar-refractivity contribution is 7.48. The van der Waals surface area contributed by atoms with Gasteiger partial charge < -0.3 is 20.3 Å². The number of primary amides is 1. The van der Waals surface area contributed by atoms with Crippen LogP contribution < -0.4 is 20.5 Å². The summed E-state index contributed by atoms with van der Waals surface area (Å²) in [4.78, 5) is 61.3. The van der Waals surface area contributed by atoms with Gasteiger partial charge in [-0.05, 0) is 67.0 Å². The smallest absolute Gasteiger partial charge is 0.444 e. The summed E-state index contributed by atoms with van der Waals surface area (Å²) >= 11 is 0. The molecule has 5 aromatic rings. The minimum atomic E-state index is -4.69. The van der Waals surface area contributed by atoms with Gasteiger partial charge in [0.15, 0.2) is 6.73 Å². The van der Waals surface area contributed by atoms with Crippen LogP contribution in [0, 0.1) is 37.4 Å². The number of ether oxygens (including phenoxy) is 1. The van der Waals surface area contributed by atoms with Crippen LogP contribution in [0.25, 0.3) is 0 Å². The van der Waals surface area contributed by atoms with Gasteiger partial charge in [-0.3, -0.25) is 33.1 Å². The average molecular weight is 1010 g/mol. The second-order valence-corrected chi connectivity index (χ2v) is 20.4. The van der Waals surface area contributed by atoms with Crippen molar-refractivity contribution in [3.63, 3.8) is 0 Å². The number of benzodiazepines with no additional fused rings is 1. The Morgan fingerprint density at radius 3 is 2.01 bits per heavy atom. The fourth-order valence-corrected chi connectivity index (χ4v) is 10.2. The number of anilines is 1. The van der Waals surface area contributed by atoms with Gasteiger partial charge in [0.1, 0.15) is 11.6 Å². The molecule has 13 nitrogen and oxygen atoms in total. The third-order valence-corrected chi connectivity index (χ3v) is 13.9. The number of carbonyl (C=O) groups excluding carboxylic acids is 4. The van der Waals surface area contributed by atoms with Crippen LogP contribution in [0.1, 0.15) is 91.3 Å². The highest BCUT2D eigenvalue weighted by atomic mass is 31.2. The van der Waals surface area contributed by atoms with Crippen molar-refractivity contribution in [1.29, 1.82) is 0 Å². The number of benzene rings is 5. The molecule has 2 aliphatic rings. The van der Waals surface area contributed by atoms with Gasteiger partial charge in [-0.15, -0.1) is 0 Å². The van der Waals surface area contributed by atoms with Crippen LogP contribution in [0.15, 0.2) is 126 Å². The third-order valence-electron chi connectivity index (χ3n) is 12.5. The van der Waals surface area contributed by atoms with Crippen LogP contribution in [-0.4, -0.2) is 48.5 Å². The van der Waals surface area contributed by atoms with E-state index < -0.39 is 86.5 Å². The number of alkyl halides is 3. The van der Waals surface area contributed by atoms with Crippen LogP contribution in [-0.2, 0) is 56.2 Å². The lowest BCUT2D eigenvalue weighted by Gasteiger charge is -2.31. The van der Waals surface area contributed by atoms with E-state index in [1.807, 2.05) is 49.4 Å². The SMILES string of the molecule is Cc1cc(C)c(C(C)(C)CC(=O)OCN2C(=O)C(NC(=O)C(CCC(F)(F)F)C(CC3CC3)C(N)=O)N=C(c3ccccc3)c3cccc(F)c32)c(OP(=O)(OCc2ccccc2)OCc2ccccc2)c1. The number of halogens is 4. The molecule has 18 heteroatoms. The number of nitrogens with two attached hydrogens (primary N) is 1. The van der Waals surface area contributed by atoms with E-state index in [4.69, 9.17) is 24.0 Å². The molecule has 3 amide bonds. The number of carbonyl (C=O) groups is 4. The van der Waals surface area contributed by atoms with Gasteiger partial charge in [0.05, 0.1) is 31.0 Å². The highest BCUT2D eigenvalue weighted by Crippen LogP contribution is 2.54. The van der Waals surface area contributed by atoms with E-state index >= 15 is 4.39 Å². The maximum absolute atomic E-state index is 16.3. The number of aliphatic imine (C=N–C) groups is 1. The topological polar surface area (TPSA) is 176 Å². The molecule has 5 aromatic carbocycles. The van der Waals surface area contributed by atoms with Gasteiger partial charge in [-0.1, -0.05) is 136 Å². The Labute approximate surface area is 415 Å². The first kappa shape index (κ1) is 53.1. The zero-order chi connectivity index (χ0) is 51.8. The molecule has 72 heavy (non-hydrogen) atoms. The van der Waals surface area contributed by atoms with E-state index in [1.54, 1.807) is 81.4 Å². The molecule has 380 valence electrons. The van der Waals surface area contributed by atoms with E-state index in [9.17, 15) is 36.9 Å². The Hall–Kier alpha value is -6.68. The lowest BCUT2D eigenvalue weighted by molar-refractivity contribution is -0.148. The van der Waals surface area contributed by atoms with E-state index in [0.717, 1.165) is 16.5 Å². The molecule has 1 aliphatic carbocycles. The van der Waals surface area contributed by atoms with Crippen LogP contribution >= 0.6 is 7.82 Å². The van der Waals surface area contributed by atoms with Gasteiger partial charge in [0.2, 0.25) is 18.0 Å². The molecule has 1 aliphatic heterocycles. The van der Waals surface area contributed by atoms with Crippen LogP contribution in [0.3, 0.4) is 0 Å². The van der Waals surface area contributed by atoms with Gasteiger partial charge in [0.25, 0.3) is 5.91 Å². The standard InChI is InChI=1S/C54H57F4N4O9P/c1-34-27-35(2)46(44(28-34)71-72(67,69-31-37-15-8-5-9-16-37)70-32-38-17-10-6-11-18-38)53(3,4)30-45(63)68-33-62-48-41(21-14-22-43(48)55)47(39-19-12-7-13-20-39)60-50(52(62)66)61-51(65)40(25-26-54(56,57)58)42(49(59)64)29-36-23-24-36/h5-22,27-28,36,40,42,50H,23-26,29-33H2,1-4H3,(H2,59,64)(H,61,65). The average Bonchev–Trinajstić information content (AvgIpc) is 4.17. The summed E-state index contributed by atoms with van der Waals surface area (Å²) in [7, 11) is -4.41. The molecule has 3 unspecified atom stereocenters. The van der Waals surface area contributed by atoms with E-state index in [0.29, 0.717) is 40.7 Å². The van der Waals surface area contributed by atoms with E-state index in [1.165, 1.54) is 12.1 Å². The second kappa shape index (κ2) is 22.8. The normalized spacial score (nSPS) is 15.9. The maximum atomic E-state index is 16.3. The van der Waals surface area contributed by atoms with Crippen LogP contribution in [0.2, 0.25) is 0 Å². The number of phosphoric ester groups is 1. The fraction of sp³-hybridized carbons (Fsp3) is 0.352. The first-order chi connectivity index (χ1) is 34.2. The highest BCUT2D eigenvalue weighted by Gasteiger charge is 2.43. The molecule has 1 saturated carbocycles. The lowest BCUT2D eigenvalue weighted by Crippen LogP contribution is -2.51. The molecule has 0 saturated heterocycles. The zero-order valence-electron chi connectivity index (χ0n) is 40.3. The minimum absolute atomic E-state index is 0.00724. The van der Waals surface area contributed by atoms with Crippen molar-refractivity contribution in [2.75, 3.05) is 11.6 Å². The van der Waals surface area contributed by atoms with Crippen molar-refractivity contribution < 1.29 is 59.6 Å². The lowest BCUT2D eigenvalue weighted by atomic mass is 9.78. The largest absolute Gasteiger partial charge is 0.530 e. The van der Waals surface area contributed by atoms with Crippen LogP contribution in [0.5, 0.6) is 5.75 Å². The summed E-state index contributed by atoms with van der Waals surface area (Å²) in [5, 5.41) is 2.46. The molecular formula is C54H57F4N4O9P. The number of phosphoric acid groups is 1. The van der Waals surface area contributed by atoms with Crippen LogP contribution in [0.4, 0.5) is 23.2 Å². The number of nitrogens with one attached hydrogen (secondary N) is 1. The molecule has 1 heterocycles. The molecule has 7 rings (SSSR count). The summed E-state index contributed by atoms with van der Waals surface area (Å²) in [6.07, 6.45) is -7.67. The molecule has 1 fully saturated rings. The minimum Gasteiger partial charge on any atom is -0.444 e. The molecular weight excluding hydrogens is 956 g/mol. The number of nitrogens with zero attached hydrogens (tertiary/aromatic N) is 2. The van der Waals surface area contributed by atoms with E-state index in [-0.39, 0.29) is 54.7 Å². The Bertz CT molecular complexity index is 2780. The van der Waals surface area contributed by atoms with Crippen molar-refractivity contribution in [3.05, 3.63) is 166 Å². The summed E-state index contributed by atoms with van der Waals surface area (Å²) in [6, 6.07) is 33.9. The molecule has 0 aromatic heterocycles. The second-order valence-electron chi connectivity index (χ2n) is 18.8. The van der Waals surface area contributed by atoms with Gasteiger partial charge in [-0.25, -0.2) is 13.9 Å². The summed E-state index contributed by atoms with van der Waals surface area (Å²) in [5.41, 5.74) is 7.99. The van der Waals surface area contributed by atoms with E-state index in [2.05, 4.69) is 10.3 Å². The number of amides is 3. The van der Waals surface area contributed by atoms with Crippen molar-refractivity contribution in [2.24, 2.45) is 28.5 Å².